The van der Waals surface area contributed by atoms with Crippen molar-refractivity contribution in [1.29, 1.82) is 0 Å². The van der Waals surface area contributed by atoms with Crippen LogP contribution in [0.2, 0.25) is 0 Å². The van der Waals surface area contributed by atoms with Gasteiger partial charge in [0, 0.05) is 59.0 Å². The van der Waals surface area contributed by atoms with Crippen LogP contribution in [0.15, 0.2) is 4.99 Å². The molecule has 2 unspecified atom stereocenters. The number of aliphatic imine (C=N–C) groups is 1. The Morgan fingerprint density at radius 3 is 2.33 bits per heavy atom. The van der Waals surface area contributed by atoms with Crippen LogP contribution in [-0.4, -0.2) is 87.9 Å². The number of piperazine rings is 1. The number of likely N-dealkylation sites (N-methyl/N-ethyl adjacent to an activating group) is 1. The molecular formula is C18H39N5O. The van der Waals surface area contributed by atoms with Gasteiger partial charge in [-0.25, -0.2) is 0 Å². The van der Waals surface area contributed by atoms with Crippen LogP contribution >= 0.6 is 0 Å². The largest absolute Gasteiger partial charge is 0.378 e. The minimum atomic E-state index is 0.310. The van der Waals surface area contributed by atoms with Gasteiger partial charge in [0.1, 0.15) is 0 Å². The van der Waals surface area contributed by atoms with Crippen LogP contribution in [-0.2, 0) is 4.74 Å². The summed E-state index contributed by atoms with van der Waals surface area (Å²) in [5.74, 6) is 1.42. The van der Waals surface area contributed by atoms with Crippen molar-refractivity contribution in [2.75, 3.05) is 60.0 Å². The van der Waals surface area contributed by atoms with Crippen LogP contribution in [0, 0.1) is 5.92 Å². The molecule has 0 amide bonds. The van der Waals surface area contributed by atoms with Crippen LogP contribution in [0.1, 0.15) is 34.1 Å². The molecule has 1 fully saturated rings. The summed E-state index contributed by atoms with van der Waals surface area (Å²) in [6, 6.07) is 0.518. The summed E-state index contributed by atoms with van der Waals surface area (Å²) < 4.78 is 5.79. The number of nitrogens with one attached hydrogen (secondary N) is 2. The molecule has 0 saturated carbocycles. The lowest BCUT2D eigenvalue weighted by Crippen LogP contribution is -2.52. The fourth-order valence-electron chi connectivity index (χ4n) is 3.01. The molecule has 2 atom stereocenters. The van der Waals surface area contributed by atoms with Gasteiger partial charge < -0.3 is 20.3 Å². The van der Waals surface area contributed by atoms with Gasteiger partial charge >= 0.3 is 0 Å². The maximum absolute atomic E-state index is 5.79. The van der Waals surface area contributed by atoms with Crippen LogP contribution in [0.5, 0.6) is 0 Å². The molecule has 1 heterocycles. The van der Waals surface area contributed by atoms with Crippen LogP contribution in [0.4, 0.5) is 0 Å². The van der Waals surface area contributed by atoms with Crippen molar-refractivity contribution < 1.29 is 4.74 Å². The molecule has 0 aromatic carbocycles. The number of guanidine groups is 1. The highest BCUT2D eigenvalue weighted by Gasteiger charge is 2.19. The molecule has 1 aliphatic heterocycles. The van der Waals surface area contributed by atoms with E-state index in [1.54, 1.807) is 0 Å². The lowest BCUT2D eigenvalue weighted by Gasteiger charge is -2.36. The first-order valence-corrected chi connectivity index (χ1v) is 9.46. The summed E-state index contributed by atoms with van der Waals surface area (Å²) in [5.41, 5.74) is 0. The minimum absolute atomic E-state index is 0.310. The zero-order valence-electron chi connectivity index (χ0n) is 16.6. The number of rotatable bonds is 9. The van der Waals surface area contributed by atoms with Crippen molar-refractivity contribution in [3.05, 3.63) is 0 Å². The molecule has 0 aromatic heterocycles. The molecule has 0 aromatic rings. The molecule has 2 N–H and O–H groups in total. The molecule has 0 spiro atoms. The predicted octanol–water partition coefficient (Wildman–Crippen LogP) is 1.24. The maximum atomic E-state index is 5.79. The second kappa shape index (κ2) is 11.7. The van der Waals surface area contributed by atoms with Crippen molar-refractivity contribution in [3.63, 3.8) is 0 Å². The van der Waals surface area contributed by atoms with Gasteiger partial charge in [-0.1, -0.05) is 13.8 Å². The highest BCUT2D eigenvalue weighted by Crippen LogP contribution is 2.10. The van der Waals surface area contributed by atoms with Crippen molar-refractivity contribution >= 4 is 5.96 Å². The monoisotopic (exact) mass is 341 g/mol. The lowest BCUT2D eigenvalue weighted by atomic mass is 10.0. The first kappa shape index (κ1) is 21.2. The minimum Gasteiger partial charge on any atom is -0.378 e. The average molecular weight is 342 g/mol. The average Bonchev–Trinajstić information content (AvgIpc) is 2.57. The van der Waals surface area contributed by atoms with E-state index in [9.17, 15) is 0 Å². The number of nitrogens with zero attached hydrogens (tertiary/aromatic N) is 3. The van der Waals surface area contributed by atoms with E-state index in [2.05, 4.69) is 60.2 Å². The molecule has 0 bridgehead atoms. The van der Waals surface area contributed by atoms with Crippen molar-refractivity contribution in [2.45, 2.75) is 46.3 Å². The summed E-state index contributed by atoms with van der Waals surface area (Å²) in [7, 11) is 4.02. The molecule has 142 valence electrons. The Bertz CT molecular complexity index is 353. The Hall–Kier alpha value is -0.850. The third-order valence-corrected chi connectivity index (χ3v) is 4.80. The molecule has 24 heavy (non-hydrogen) atoms. The van der Waals surface area contributed by atoms with Gasteiger partial charge in [-0.15, -0.1) is 0 Å². The zero-order chi connectivity index (χ0) is 17.9. The van der Waals surface area contributed by atoms with Gasteiger partial charge in [-0.2, -0.15) is 0 Å². The van der Waals surface area contributed by atoms with Crippen LogP contribution < -0.4 is 10.6 Å². The van der Waals surface area contributed by atoms with E-state index < -0.39 is 0 Å². The Balaban J connectivity index is 2.27. The van der Waals surface area contributed by atoms with E-state index in [-0.39, 0.29) is 0 Å². The smallest absolute Gasteiger partial charge is 0.191 e. The van der Waals surface area contributed by atoms with E-state index in [4.69, 9.17) is 4.74 Å². The molecular weight excluding hydrogens is 302 g/mol. The standard InChI is InChI=1S/C18H39N5O/c1-7-24-17(15(2)3)8-9-20-18(19-5)21-14-16(4)23-12-10-22(6)11-13-23/h15-17H,7-14H2,1-6H3,(H2,19,20,21). The van der Waals surface area contributed by atoms with Gasteiger partial charge in [-0.05, 0) is 33.2 Å². The first-order valence-electron chi connectivity index (χ1n) is 9.46. The van der Waals surface area contributed by atoms with Gasteiger partial charge in [-0.3, -0.25) is 9.89 Å². The Labute approximate surface area is 149 Å². The van der Waals surface area contributed by atoms with Crippen molar-refractivity contribution in [2.24, 2.45) is 10.9 Å². The quantitative estimate of drug-likeness (QED) is 0.488. The predicted molar refractivity (Wildman–Crippen MR) is 103 cm³/mol. The van der Waals surface area contributed by atoms with Gasteiger partial charge in [0.25, 0.3) is 0 Å². The SMILES string of the molecule is CCOC(CCNC(=NC)NCC(C)N1CCN(C)CC1)C(C)C. The van der Waals surface area contributed by atoms with Gasteiger partial charge in [0.05, 0.1) is 6.10 Å². The Morgan fingerprint density at radius 2 is 1.79 bits per heavy atom. The summed E-state index contributed by atoms with van der Waals surface area (Å²) in [4.78, 5) is 9.27. The summed E-state index contributed by atoms with van der Waals surface area (Å²) in [6.07, 6.45) is 1.31. The van der Waals surface area contributed by atoms with E-state index in [0.29, 0.717) is 18.1 Å². The first-order chi connectivity index (χ1) is 11.5. The van der Waals surface area contributed by atoms with Crippen molar-refractivity contribution in [1.82, 2.24) is 20.4 Å². The van der Waals surface area contributed by atoms with E-state index >= 15 is 0 Å². The molecule has 1 saturated heterocycles. The molecule has 1 rings (SSSR count). The molecule has 0 radical (unpaired) electrons. The summed E-state index contributed by atoms with van der Waals surface area (Å²) in [5, 5.41) is 6.87. The maximum Gasteiger partial charge on any atom is 0.191 e. The van der Waals surface area contributed by atoms with Crippen molar-refractivity contribution in [3.8, 4) is 0 Å². The topological polar surface area (TPSA) is 52.1 Å². The summed E-state index contributed by atoms with van der Waals surface area (Å²) in [6.45, 7) is 16.0. The van der Waals surface area contributed by atoms with E-state index in [1.807, 2.05) is 7.05 Å². The lowest BCUT2D eigenvalue weighted by molar-refractivity contribution is 0.0258. The Kier molecular flexibility index (Phi) is 10.3. The van der Waals surface area contributed by atoms with Crippen LogP contribution in [0.25, 0.3) is 0 Å². The number of hydrogen-bond acceptors (Lipinski definition) is 4. The third kappa shape index (κ3) is 7.81. The Morgan fingerprint density at radius 1 is 1.12 bits per heavy atom. The van der Waals surface area contributed by atoms with Gasteiger partial charge in [0.2, 0.25) is 0 Å². The van der Waals surface area contributed by atoms with E-state index in [1.165, 1.54) is 0 Å². The second-order valence-electron chi connectivity index (χ2n) is 7.09. The fraction of sp³-hybridized carbons (Fsp3) is 0.944. The molecule has 6 nitrogen and oxygen atoms in total. The van der Waals surface area contributed by atoms with E-state index in [0.717, 1.165) is 58.3 Å². The van der Waals surface area contributed by atoms with Gasteiger partial charge in [0.15, 0.2) is 5.96 Å². The zero-order valence-corrected chi connectivity index (χ0v) is 16.6. The summed E-state index contributed by atoms with van der Waals surface area (Å²) >= 11 is 0. The highest BCUT2D eigenvalue weighted by molar-refractivity contribution is 5.79. The number of ether oxygens (including phenoxy) is 1. The molecule has 0 aliphatic carbocycles. The third-order valence-electron chi connectivity index (χ3n) is 4.80. The fourth-order valence-corrected chi connectivity index (χ4v) is 3.01. The molecule has 1 aliphatic rings. The second-order valence-corrected chi connectivity index (χ2v) is 7.09. The number of hydrogen-bond donors (Lipinski definition) is 2. The molecule has 6 heteroatoms. The highest BCUT2D eigenvalue weighted by atomic mass is 16.5. The van der Waals surface area contributed by atoms with Crippen LogP contribution in [0.3, 0.4) is 0 Å². The normalized spacial score (nSPS) is 20.2.